The maximum absolute atomic E-state index is 12.8. The van der Waals surface area contributed by atoms with Crippen LogP contribution in [0, 0.1) is 0 Å². The molecule has 0 aliphatic carbocycles. The number of carbonyl (C=O) groups is 2. The fourth-order valence-corrected chi connectivity index (χ4v) is 3.89. The third-order valence-electron chi connectivity index (χ3n) is 5.34. The van der Waals surface area contributed by atoms with Gasteiger partial charge in [-0.15, -0.1) is 0 Å². The summed E-state index contributed by atoms with van der Waals surface area (Å²) in [6, 6.07) is 8.02. The molecule has 1 atom stereocenters. The zero-order chi connectivity index (χ0) is 19.4. The molecule has 2 amide bonds. The van der Waals surface area contributed by atoms with Gasteiger partial charge in [-0.25, -0.2) is 0 Å². The van der Waals surface area contributed by atoms with Gasteiger partial charge in [0.1, 0.15) is 5.57 Å². The first kappa shape index (κ1) is 19.5. The summed E-state index contributed by atoms with van der Waals surface area (Å²) in [6.45, 7) is 6.09. The second-order valence-electron chi connectivity index (χ2n) is 7.24. The van der Waals surface area contributed by atoms with E-state index < -0.39 is 5.91 Å². The molecule has 1 aromatic carbocycles. The van der Waals surface area contributed by atoms with E-state index in [9.17, 15) is 9.59 Å². The van der Waals surface area contributed by atoms with Gasteiger partial charge >= 0.3 is 0 Å². The number of nitrogens with one attached hydrogen (secondary N) is 1. The van der Waals surface area contributed by atoms with Crippen molar-refractivity contribution in [3.8, 4) is 0 Å². The Morgan fingerprint density at radius 1 is 1.11 bits per heavy atom. The number of benzene rings is 1. The van der Waals surface area contributed by atoms with Crippen LogP contribution >= 0.6 is 12.2 Å². The van der Waals surface area contributed by atoms with Crippen molar-refractivity contribution in [2.45, 2.75) is 52.0 Å². The Balaban J connectivity index is 1.81. The molecule has 144 valence electrons. The largest absolute Gasteiger partial charge is 0.372 e. The second-order valence-corrected chi connectivity index (χ2v) is 7.63. The molecule has 27 heavy (non-hydrogen) atoms. The van der Waals surface area contributed by atoms with E-state index in [-0.39, 0.29) is 22.6 Å². The van der Waals surface area contributed by atoms with Gasteiger partial charge in [0.25, 0.3) is 11.8 Å². The van der Waals surface area contributed by atoms with E-state index in [4.69, 9.17) is 12.2 Å². The zero-order valence-corrected chi connectivity index (χ0v) is 16.8. The lowest BCUT2D eigenvalue weighted by Gasteiger charge is -2.33. The van der Waals surface area contributed by atoms with Crippen LogP contribution in [-0.4, -0.2) is 41.0 Å². The number of nitrogens with zero attached hydrogens (tertiary/aromatic N) is 2. The van der Waals surface area contributed by atoms with Gasteiger partial charge in [0.2, 0.25) is 0 Å². The molecular weight excluding hydrogens is 358 g/mol. The zero-order valence-electron chi connectivity index (χ0n) is 16.0. The first-order chi connectivity index (χ1) is 13.0. The number of amides is 2. The average Bonchev–Trinajstić information content (AvgIpc) is 2.94. The number of hydrogen-bond acceptors (Lipinski definition) is 4. The van der Waals surface area contributed by atoms with Gasteiger partial charge in [-0.2, -0.15) is 0 Å². The van der Waals surface area contributed by atoms with E-state index in [0.29, 0.717) is 0 Å². The maximum Gasteiger partial charge on any atom is 0.265 e. The van der Waals surface area contributed by atoms with Crippen LogP contribution in [0.3, 0.4) is 0 Å². The SMILES string of the molecule is CC[C@@H](C)N1C(=O)/C(=C\c2ccc(N3CCCCCC3)cc2)C(=O)NC1=S. The Morgan fingerprint density at radius 2 is 1.74 bits per heavy atom. The van der Waals surface area contributed by atoms with Crippen LogP contribution in [0.1, 0.15) is 51.5 Å². The van der Waals surface area contributed by atoms with E-state index in [1.54, 1.807) is 6.08 Å². The van der Waals surface area contributed by atoms with Crippen molar-refractivity contribution in [3.05, 3.63) is 35.4 Å². The van der Waals surface area contributed by atoms with E-state index in [1.807, 2.05) is 26.0 Å². The number of carbonyl (C=O) groups excluding carboxylic acids is 2. The fraction of sp³-hybridized carbons (Fsp3) is 0.476. The van der Waals surface area contributed by atoms with Crippen molar-refractivity contribution in [2.24, 2.45) is 0 Å². The molecule has 2 aliphatic heterocycles. The van der Waals surface area contributed by atoms with E-state index in [2.05, 4.69) is 22.3 Å². The molecule has 0 unspecified atom stereocenters. The highest BCUT2D eigenvalue weighted by molar-refractivity contribution is 7.80. The fourth-order valence-electron chi connectivity index (χ4n) is 3.53. The van der Waals surface area contributed by atoms with Crippen LogP contribution in [0.25, 0.3) is 6.08 Å². The molecule has 6 heteroatoms. The smallest absolute Gasteiger partial charge is 0.265 e. The average molecular weight is 386 g/mol. The van der Waals surface area contributed by atoms with Crippen LogP contribution in [-0.2, 0) is 9.59 Å². The number of anilines is 1. The summed E-state index contributed by atoms with van der Waals surface area (Å²) in [4.78, 5) is 29.0. The van der Waals surface area contributed by atoms with Gasteiger partial charge in [-0.1, -0.05) is 31.9 Å². The van der Waals surface area contributed by atoms with Crippen LogP contribution in [0.15, 0.2) is 29.8 Å². The van der Waals surface area contributed by atoms with Crippen molar-refractivity contribution in [1.82, 2.24) is 10.2 Å². The Bertz CT molecular complexity index is 749. The lowest BCUT2D eigenvalue weighted by molar-refractivity contribution is -0.130. The highest BCUT2D eigenvalue weighted by atomic mass is 32.1. The van der Waals surface area contributed by atoms with Crippen molar-refractivity contribution in [2.75, 3.05) is 18.0 Å². The third-order valence-corrected chi connectivity index (χ3v) is 5.64. The summed E-state index contributed by atoms with van der Waals surface area (Å²) < 4.78 is 0. The lowest BCUT2D eigenvalue weighted by Crippen LogP contribution is -2.56. The highest BCUT2D eigenvalue weighted by Crippen LogP contribution is 2.22. The summed E-state index contributed by atoms with van der Waals surface area (Å²) in [6.07, 6.45) is 7.47. The van der Waals surface area contributed by atoms with Crippen molar-refractivity contribution in [1.29, 1.82) is 0 Å². The van der Waals surface area contributed by atoms with Crippen LogP contribution < -0.4 is 10.2 Å². The Morgan fingerprint density at radius 3 is 2.33 bits per heavy atom. The maximum atomic E-state index is 12.8. The number of hydrogen-bond donors (Lipinski definition) is 1. The van der Waals surface area contributed by atoms with Gasteiger partial charge in [-0.05, 0) is 62.2 Å². The van der Waals surface area contributed by atoms with Gasteiger partial charge < -0.3 is 4.90 Å². The number of thiocarbonyl (C=S) groups is 1. The van der Waals surface area contributed by atoms with Crippen molar-refractivity contribution >= 4 is 40.9 Å². The standard InChI is InChI=1S/C21H27N3O2S/c1-3-15(2)24-20(26)18(19(25)22-21(24)27)14-16-8-10-17(11-9-16)23-12-6-4-5-7-13-23/h8-11,14-15H,3-7,12-13H2,1-2H3,(H,22,25,27)/b18-14-/t15-/m1/s1. The molecule has 0 aromatic heterocycles. The summed E-state index contributed by atoms with van der Waals surface area (Å²) in [5, 5.41) is 2.82. The van der Waals surface area contributed by atoms with Gasteiger partial charge in [0, 0.05) is 24.8 Å². The normalized spacial score (nSPS) is 21.3. The molecule has 1 N–H and O–H groups in total. The quantitative estimate of drug-likeness (QED) is 0.490. The van der Waals surface area contributed by atoms with Gasteiger partial charge in [0.05, 0.1) is 0 Å². The summed E-state index contributed by atoms with van der Waals surface area (Å²) in [5.41, 5.74) is 2.16. The highest BCUT2D eigenvalue weighted by Gasteiger charge is 2.35. The van der Waals surface area contributed by atoms with E-state index in [0.717, 1.165) is 25.1 Å². The predicted molar refractivity (Wildman–Crippen MR) is 112 cm³/mol. The first-order valence-electron chi connectivity index (χ1n) is 9.77. The minimum atomic E-state index is -0.429. The Kier molecular flexibility index (Phi) is 6.26. The molecule has 3 rings (SSSR count). The number of rotatable bonds is 4. The van der Waals surface area contributed by atoms with E-state index in [1.165, 1.54) is 36.3 Å². The summed E-state index contributed by atoms with van der Waals surface area (Å²) >= 11 is 5.18. The molecule has 2 heterocycles. The van der Waals surface area contributed by atoms with Gasteiger partial charge in [-0.3, -0.25) is 19.8 Å². The minimum Gasteiger partial charge on any atom is -0.372 e. The van der Waals surface area contributed by atoms with E-state index >= 15 is 0 Å². The van der Waals surface area contributed by atoms with Crippen LogP contribution in [0.5, 0.6) is 0 Å². The Labute approximate surface area is 166 Å². The molecule has 2 saturated heterocycles. The molecule has 5 nitrogen and oxygen atoms in total. The van der Waals surface area contributed by atoms with Crippen molar-refractivity contribution in [3.63, 3.8) is 0 Å². The minimum absolute atomic E-state index is 0.0561. The van der Waals surface area contributed by atoms with Crippen molar-refractivity contribution < 1.29 is 9.59 Å². The second kappa shape index (κ2) is 8.65. The van der Waals surface area contributed by atoms with Crippen LogP contribution in [0.4, 0.5) is 5.69 Å². The molecule has 0 saturated carbocycles. The molecule has 0 radical (unpaired) electrons. The molecule has 0 spiro atoms. The van der Waals surface area contributed by atoms with Crippen LogP contribution in [0.2, 0.25) is 0 Å². The first-order valence-corrected chi connectivity index (χ1v) is 10.2. The lowest BCUT2D eigenvalue weighted by atomic mass is 10.1. The monoisotopic (exact) mass is 385 g/mol. The summed E-state index contributed by atoms with van der Waals surface area (Å²) in [5.74, 6) is -0.754. The third kappa shape index (κ3) is 4.38. The molecule has 2 fully saturated rings. The van der Waals surface area contributed by atoms with Gasteiger partial charge in [0.15, 0.2) is 5.11 Å². The Hall–Kier alpha value is -2.21. The topological polar surface area (TPSA) is 52.7 Å². The molecular formula is C21H27N3O2S. The molecule has 2 aliphatic rings. The summed E-state index contributed by atoms with van der Waals surface area (Å²) in [7, 11) is 0. The molecule has 1 aromatic rings. The predicted octanol–water partition coefficient (Wildman–Crippen LogP) is 3.49. The molecule has 0 bridgehead atoms.